The summed E-state index contributed by atoms with van der Waals surface area (Å²) in [6, 6.07) is 0. The molecule has 2 heteroatoms. The summed E-state index contributed by atoms with van der Waals surface area (Å²) in [5.41, 5.74) is 0. The van der Waals surface area contributed by atoms with E-state index in [1.54, 1.807) is 0 Å². The first-order chi connectivity index (χ1) is 22.8. The maximum atomic E-state index is 12.0. The predicted octanol–water partition coefficient (Wildman–Crippen LogP) is 16.2. The summed E-state index contributed by atoms with van der Waals surface area (Å²) in [6.07, 6.45) is 55.0. The highest BCUT2D eigenvalue weighted by atomic mass is 16.5. The van der Waals surface area contributed by atoms with Gasteiger partial charge in [-0.3, -0.25) is 4.79 Å². The van der Waals surface area contributed by atoms with Gasteiger partial charge in [-0.15, -0.1) is 0 Å². The van der Waals surface area contributed by atoms with E-state index in [4.69, 9.17) is 4.74 Å². The third kappa shape index (κ3) is 41.5. The molecule has 2 nitrogen and oxygen atoms in total. The van der Waals surface area contributed by atoms with Crippen molar-refractivity contribution in [2.45, 2.75) is 271 Å². The van der Waals surface area contributed by atoms with Crippen molar-refractivity contribution < 1.29 is 9.53 Å². The lowest BCUT2D eigenvalue weighted by atomic mass is 10.0. The first-order valence-electron chi connectivity index (χ1n) is 22.0. The molecule has 0 radical (unpaired) electrons. The molecule has 0 aromatic heterocycles. The number of carbonyl (C=O) groups is 1. The second kappa shape index (κ2) is 42.5. The molecule has 0 unspecified atom stereocenters. The van der Waals surface area contributed by atoms with Crippen LogP contribution in [-0.2, 0) is 9.53 Å². The van der Waals surface area contributed by atoms with Gasteiger partial charge in [-0.1, -0.05) is 251 Å². The normalized spacial score (nSPS) is 11.4. The lowest BCUT2D eigenvalue weighted by Crippen LogP contribution is -2.05. The molecule has 0 aliphatic carbocycles. The highest BCUT2D eigenvalue weighted by Crippen LogP contribution is 2.17. The number of rotatable bonds is 41. The zero-order chi connectivity index (χ0) is 33.3. The van der Waals surface area contributed by atoms with Gasteiger partial charge in [0.1, 0.15) is 0 Å². The molecule has 0 aromatic rings. The van der Waals surface area contributed by atoms with E-state index in [9.17, 15) is 4.79 Å². The van der Waals surface area contributed by atoms with Crippen LogP contribution in [0.25, 0.3) is 0 Å². The molecule has 0 amide bonds. The molecule has 0 aliphatic rings. The molecule has 0 saturated carbocycles. The number of ether oxygens (including phenoxy) is 1. The Labute approximate surface area is 292 Å². The minimum absolute atomic E-state index is 0.0308. The first-order valence-corrected chi connectivity index (χ1v) is 22.0. The molecular formula is C44H88O2. The summed E-state index contributed by atoms with van der Waals surface area (Å²) in [6.45, 7) is 5.23. The minimum atomic E-state index is 0.0308. The molecule has 0 aromatic carbocycles. The van der Waals surface area contributed by atoms with E-state index in [1.165, 1.54) is 238 Å². The summed E-state index contributed by atoms with van der Waals surface area (Å²) < 4.78 is 5.47. The fourth-order valence-electron chi connectivity index (χ4n) is 6.96. The number of hydrogen-bond acceptors (Lipinski definition) is 2. The van der Waals surface area contributed by atoms with Crippen molar-refractivity contribution in [3.05, 3.63) is 0 Å². The van der Waals surface area contributed by atoms with Crippen LogP contribution < -0.4 is 0 Å². The van der Waals surface area contributed by atoms with E-state index in [-0.39, 0.29) is 5.97 Å². The lowest BCUT2D eigenvalue weighted by molar-refractivity contribution is -0.143. The van der Waals surface area contributed by atoms with Gasteiger partial charge in [-0.25, -0.2) is 0 Å². The minimum Gasteiger partial charge on any atom is -0.466 e. The molecule has 46 heavy (non-hydrogen) atoms. The largest absolute Gasteiger partial charge is 0.466 e. The monoisotopic (exact) mass is 649 g/mol. The van der Waals surface area contributed by atoms with E-state index in [0.717, 1.165) is 12.8 Å². The lowest BCUT2D eigenvalue weighted by Gasteiger charge is -2.06. The van der Waals surface area contributed by atoms with Gasteiger partial charge in [0.2, 0.25) is 0 Å². The molecular weight excluding hydrogens is 560 g/mol. The van der Waals surface area contributed by atoms with Crippen LogP contribution in [0.5, 0.6) is 0 Å². The SMILES string of the molecule is CCCCCCCCCCCCCCCCCCCCCCCCCCCOC(=O)CCCCCCCCCCCCCCCC. The number of esters is 1. The fourth-order valence-corrected chi connectivity index (χ4v) is 6.96. The van der Waals surface area contributed by atoms with Gasteiger partial charge in [0.25, 0.3) is 0 Å². The van der Waals surface area contributed by atoms with Gasteiger partial charge in [-0.05, 0) is 12.8 Å². The summed E-state index contributed by atoms with van der Waals surface area (Å²) >= 11 is 0. The summed E-state index contributed by atoms with van der Waals surface area (Å²) in [7, 11) is 0. The highest BCUT2D eigenvalue weighted by molar-refractivity contribution is 5.69. The second-order valence-corrected chi connectivity index (χ2v) is 15.1. The molecule has 0 rings (SSSR count). The van der Waals surface area contributed by atoms with E-state index in [1.807, 2.05) is 0 Å². The van der Waals surface area contributed by atoms with Crippen molar-refractivity contribution in [3.63, 3.8) is 0 Å². The molecule has 0 spiro atoms. The van der Waals surface area contributed by atoms with Crippen molar-refractivity contribution in [3.8, 4) is 0 Å². The van der Waals surface area contributed by atoms with Crippen molar-refractivity contribution in [1.82, 2.24) is 0 Å². The second-order valence-electron chi connectivity index (χ2n) is 15.1. The maximum Gasteiger partial charge on any atom is 0.305 e. The fraction of sp³-hybridized carbons (Fsp3) is 0.977. The van der Waals surface area contributed by atoms with Gasteiger partial charge in [0.15, 0.2) is 0 Å². The summed E-state index contributed by atoms with van der Waals surface area (Å²) in [5, 5.41) is 0. The average molecular weight is 649 g/mol. The Kier molecular flexibility index (Phi) is 42.0. The van der Waals surface area contributed by atoms with Crippen LogP contribution in [0.1, 0.15) is 271 Å². The van der Waals surface area contributed by atoms with E-state index < -0.39 is 0 Å². The van der Waals surface area contributed by atoms with Gasteiger partial charge >= 0.3 is 5.97 Å². The zero-order valence-corrected chi connectivity index (χ0v) is 32.3. The van der Waals surface area contributed by atoms with Crippen LogP contribution in [0.15, 0.2) is 0 Å². The third-order valence-electron chi connectivity index (χ3n) is 10.2. The van der Waals surface area contributed by atoms with Gasteiger partial charge in [0.05, 0.1) is 6.61 Å². The van der Waals surface area contributed by atoms with Crippen molar-refractivity contribution in [1.29, 1.82) is 0 Å². The van der Waals surface area contributed by atoms with Crippen LogP contribution in [0.2, 0.25) is 0 Å². The quantitative estimate of drug-likeness (QED) is 0.0487. The maximum absolute atomic E-state index is 12.0. The summed E-state index contributed by atoms with van der Waals surface area (Å²) in [4.78, 5) is 12.0. The predicted molar refractivity (Wildman–Crippen MR) is 207 cm³/mol. The Morgan fingerprint density at radius 3 is 0.717 bits per heavy atom. The van der Waals surface area contributed by atoms with Gasteiger partial charge in [-0.2, -0.15) is 0 Å². The Hall–Kier alpha value is -0.530. The molecule has 0 heterocycles. The Morgan fingerprint density at radius 1 is 0.283 bits per heavy atom. The molecule has 0 saturated heterocycles. The van der Waals surface area contributed by atoms with E-state index in [2.05, 4.69) is 13.8 Å². The van der Waals surface area contributed by atoms with Crippen LogP contribution in [0, 0.1) is 0 Å². The topological polar surface area (TPSA) is 26.3 Å². The summed E-state index contributed by atoms with van der Waals surface area (Å²) in [5.74, 6) is 0.0308. The Morgan fingerprint density at radius 2 is 0.478 bits per heavy atom. The molecule has 0 bridgehead atoms. The van der Waals surface area contributed by atoms with Crippen LogP contribution in [-0.4, -0.2) is 12.6 Å². The zero-order valence-electron chi connectivity index (χ0n) is 32.3. The van der Waals surface area contributed by atoms with E-state index in [0.29, 0.717) is 13.0 Å². The third-order valence-corrected chi connectivity index (χ3v) is 10.2. The van der Waals surface area contributed by atoms with Crippen molar-refractivity contribution >= 4 is 5.97 Å². The molecule has 0 N–H and O–H groups in total. The number of hydrogen-bond donors (Lipinski definition) is 0. The van der Waals surface area contributed by atoms with Gasteiger partial charge < -0.3 is 4.74 Å². The average Bonchev–Trinajstić information content (AvgIpc) is 3.06. The molecule has 276 valence electrons. The standard InChI is InChI=1S/C44H88O2/c1-3-5-7-9-11-13-15-17-19-20-21-22-23-24-25-26-27-28-29-31-33-35-37-39-41-43-46-44(45)42-40-38-36-34-32-30-18-16-14-12-10-8-6-4-2/h3-43H2,1-2H3. The van der Waals surface area contributed by atoms with E-state index >= 15 is 0 Å². The number of unbranched alkanes of at least 4 members (excludes halogenated alkanes) is 37. The van der Waals surface area contributed by atoms with Crippen LogP contribution >= 0.6 is 0 Å². The molecule has 0 atom stereocenters. The van der Waals surface area contributed by atoms with Crippen LogP contribution in [0.4, 0.5) is 0 Å². The number of carbonyl (C=O) groups excluding carboxylic acids is 1. The smallest absolute Gasteiger partial charge is 0.305 e. The first kappa shape index (κ1) is 45.5. The van der Waals surface area contributed by atoms with Crippen molar-refractivity contribution in [2.24, 2.45) is 0 Å². The highest BCUT2D eigenvalue weighted by Gasteiger charge is 2.03. The van der Waals surface area contributed by atoms with Crippen molar-refractivity contribution in [2.75, 3.05) is 6.61 Å². The van der Waals surface area contributed by atoms with Gasteiger partial charge in [0, 0.05) is 6.42 Å². The molecule has 0 fully saturated rings. The van der Waals surface area contributed by atoms with Crippen LogP contribution in [0.3, 0.4) is 0 Å². The molecule has 0 aliphatic heterocycles. The Bertz CT molecular complexity index is 544. The Balaban J connectivity index is 3.13.